The minimum Gasteiger partial charge on any atom is -0.384 e. The van der Waals surface area contributed by atoms with Crippen molar-refractivity contribution in [2.75, 3.05) is 13.1 Å². The van der Waals surface area contributed by atoms with Gasteiger partial charge in [0.1, 0.15) is 5.60 Å². The lowest BCUT2D eigenvalue weighted by Crippen LogP contribution is -2.44. The minimum absolute atomic E-state index is 0.165. The molecule has 0 aliphatic heterocycles. The summed E-state index contributed by atoms with van der Waals surface area (Å²) in [7, 11) is 0. The summed E-state index contributed by atoms with van der Waals surface area (Å²) in [6.45, 7) is 6.51. The summed E-state index contributed by atoms with van der Waals surface area (Å²) in [6, 6.07) is 7.13. The second-order valence-corrected chi connectivity index (χ2v) is 6.15. The highest BCUT2D eigenvalue weighted by Crippen LogP contribution is 2.21. The Hall–Kier alpha value is -1.07. The molecule has 0 aliphatic rings. The third-order valence-electron chi connectivity index (χ3n) is 2.73. The quantitative estimate of drug-likeness (QED) is 0.778. The molecule has 0 saturated carbocycles. The van der Waals surface area contributed by atoms with Gasteiger partial charge in [-0.15, -0.1) is 0 Å². The van der Waals surface area contributed by atoms with Crippen LogP contribution < -0.4 is 10.6 Å². The van der Waals surface area contributed by atoms with E-state index in [9.17, 15) is 9.90 Å². The van der Waals surface area contributed by atoms with E-state index in [2.05, 4.69) is 26.6 Å². The highest BCUT2D eigenvalue weighted by atomic mass is 79.9. The molecule has 19 heavy (non-hydrogen) atoms. The smallest absolute Gasteiger partial charge is 0.314 e. The van der Waals surface area contributed by atoms with Gasteiger partial charge in [-0.2, -0.15) is 0 Å². The number of hydrogen-bond donors (Lipinski definition) is 3. The molecule has 0 spiro atoms. The third-order valence-corrected chi connectivity index (χ3v) is 3.26. The molecule has 0 aromatic heterocycles. The van der Waals surface area contributed by atoms with Crippen molar-refractivity contribution < 1.29 is 9.90 Å². The van der Waals surface area contributed by atoms with E-state index in [0.29, 0.717) is 12.5 Å². The zero-order chi connectivity index (χ0) is 14.5. The van der Waals surface area contributed by atoms with Crippen molar-refractivity contribution >= 4 is 22.0 Å². The molecule has 1 rings (SSSR count). The van der Waals surface area contributed by atoms with E-state index in [1.807, 2.05) is 38.1 Å². The van der Waals surface area contributed by atoms with Crippen molar-refractivity contribution in [1.82, 2.24) is 10.6 Å². The molecule has 3 N–H and O–H groups in total. The Morgan fingerprint density at radius 2 is 1.89 bits per heavy atom. The van der Waals surface area contributed by atoms with E-state index in [-0.39, 0.29) is 12.6 Å². The lowest BCUT2D eigenvalue weighted by Gasteiger charge is -2.24. The summed E-state index contributed by atoms with van der Waals surface area (Å²) in [5, 5.41) is 15.8. The molecule has 0 fully saturated rings. The largest absolute Gasteiger partial charge is 0.384 e. The van der Waals surface area contributed by atoms with Crippen LogP contribution in [-0.4, -0.2) is 24.2 Å². The number of amides is 2. The van der Waals surface area contributed by atoms with Gasteiger partial charge in [0.05, 0.1) is 6.54 Å². The van der Waals surface area contributed by atoms with Crippen LogP contribution in [0.1, 0.15) is 26.3 Å². The maximum absolute atomic E-state index is 11.5. The van der Waals surface area contributed by atoms with E-state index in [1.165, 1.54) is 0 Å². The van der Waals surface area contributed by atoms with Gasteiger partial charge in [-0.05, 0) is 30.5 Å². The fraction of sp³-hybridized carbons (Fsp3) is 0.500. The number of aliphatic hydroxyl groups is 1. The van der Waals surface area contributed by atoms with Crippen molar-refractivity contribution in [2.24, 2.45) is 5.92 Å². The van der Waals surface area contributed by atoms with Gasteiger partial charge < -0.3 is 15.7 Å². The second kappa shape index (κ2) is 6.91. The predicted molar refractivity (Wildman–Crippen MR) is 80.0 cm³/mol. The first-order valence-electron chi connectivity index (χ1n) is 6.31. The molecule has 0 heterocycles. The maximum Gasteiger partial charge on any atom is 0.314 e. The van der Waals surface area contributed by atoms with E-state index < -0.39 is 5.60 Å². The maximum atomic E-state index is 11.5. The Kier molecular flexibility index (Phi) is 5.82. The van der Waals surface area contributed by atoms with Crippen LogP contribution in [0.15, 0.2) is 28.7 Å². The Morgan fingerprint density at radius 1 is 1.32 bits per heavy atom. The molecule has 2 amide bonds. The van der Waals surface area contributed by atoms with Crippen LogP contribution in [0.2, 0.25) is 0 Å². The molecule has 1 atom stereocenters. The monoisotopic (exact) mass is 328 g/mol. The molecular formula is C14H21BrN2O2. The fourth-order valence-electron chi connectivity index (χ4n) is 1.52. The minimum atomic E-state index is -1.09. The van der Waals surface area contributed by atoms with Crippen molar-refractivity contribution in [2.45, 2.75) is 26.4 Å². The first kappa shape index (κ1) is 16.0. The van der Waals surface area contributed by atoms with E-state index in [1.54, 1.807) is 6.92 Å². The fourth-order valence-corrected chi connectivity index (χ4v) is 1.79. The molecule has 5 heteroatoms. The van der Waals surface area contributed by atoms with E-state index in [0.717, 1.165) is 10.0 Å². The van der Waals surface area contributed by atoms with Gasteiger partial charge in [0.15, 0.2) is 0 Å². The van der Waals surface area contributed by atoms with Crippen LogP contribution in [0, 0.1) is 5.92 Å². The Labute approximate surface area is 122 Å². The highest BCUT2D eigenvalue weighted by molar-refractivity contribution is 9.10. The van der Waals surface area contributed by atoms with E-state index >= 15 is 0 Å². The Morgan fingerprint density at radius 3 is 2.42 bits per heavy atom. The lowest BCUT2D eigenvalue weighted by atomic mass is 9.96. The first-order chi connectivity index (χ1) is 8.81. The average molecular weight is 329 g/mol. The lowest BCUT2D eigenvalue weighted by molar-refractivity contribution is 0.0593. The molecule has 0 bridgehead atoms. The molecule has 1 unspecified atom stereocenters. The first-order valence-corrected chi connectivity index (χ1v) is 7.10. The van der Waals surface area contributed by atoms with Crippen LogP contribution in [0.3, 0.4) is 0 Å². The molecule has 4 nitrogen and oxygen atoms in total. The summed E-state index contributed by atoms with van der Waals surface area (Å²) < 4.78 is 0.953. The number of carbonyl (C=O) groups excluding carboxylic acids is 1. The Bertz CT molecular complexity index is 416. The summed E-state index contributed by atoms with van der Waals surface area (Å²) in [5.74, 6) is 0.401. The van der Waals surface area contributed by atoms with Crippen molar-refractivity contribution in [1.29, 1.82) is 0 Å². The van der Waals surface area contributed by atoms with Crippen molar-refractivity contribution in [3.63, 3.8) is 0 Å². The SMILES string of the molecule is CC(C)CNC(=O)NCC(C)(O)c1ccc(Br)cc1. The predicted octanol–water partition coefficient (Wildman–Crippen LogP) is 2.61. The van der Waals surface area contributed by atoms with Crippen molar-refractivity contribution in [3.8, 4) is 0 Å². The second-order valence-electron chi connectivity index (χ2n) is 5.24. The van der Waals surface area contributed by atoms with Gasteiger partial charge in [0.2, 0.25) is 0 Å². The summed E-state index contributed by atoms with van der Waals surface area (Å²) in [5.41, 5.74) is -0.324. The number of halogens is 1. The third kappa shape index (κ3) is 5.61. The topological polar surface area (TPSA) is 61.4 Å². The normalized spacial score (nSPS) is 14.0. The van der Waals surface area contributed by atoms with Crippen LogP contribution in [0.25, 0.3) is 0 Å². The van der Waals surface area contributed by atoms with E-state index in [4.69, 9.17) is 0 Å². The van der Waals surface area contributed by atoms with Crippen LogP contribution in [0.5, 0.6) is 0 Å². The number of carbonyl (C=O) groups is 1. The number of hydrogen-bond acceptors (Lipinski definition) is 2. The number of urea groups is 1. The van der Waals surface area contributed by atoms with Gasteiger partial charge in [0, 0.05) is 11.0 Å². The highest BCUT2D eigenvalue weighted by Gasteiger charge is 2.23. The average Bonchev–Trinajstić information content (AvgIpc) is 2.34. The van der Waals surface area contributed by atoms with Gasteiger partial charge in [-0.1, -0.05) is 41.9 Å². The molecule has 1 aromatic rings. The van der Waals surface area contributed by atoms with Crippen LogP contribution >= 0.6 is 15.9 Å². The van der Waals surface area contributed by atoms with Gasteiger partial charge in [-0.3, -0.25) is 0 Å². The molecule has 1 aromatic carbocycles. The Balaban J connectivity index is 2.50. The van der Waals surface area contributed by atoms with Gasteiger partial charge in [0.25, 0.3) is 0 Å². The molecule has 0 aliphatic carbocycles. The standard InChI is InChI=1S/C14H21BrN2O2/c1-10(2)8-16-13(18)17-9-14(3,19)11-4-6-12(15)7-5-11/h4-7,10,19H,8-9H2,1-3H3,(H2,16,17,18). The van der Waals surface area contributed by atoms with Crippen LogP contribution in [0.4, 0.5) is 4.79 Å². The number of rotatable bonds is 5. The summed E-state index contributed by atoms with van der Waals surface area (Å²) in [6.07, 6.45) is 0. The van der Waals surface area contributed by atoms with Gasteiger partial charge >= 0.3 is 6.03 Å². The van der Waals surface area contributed by atoms with Gasteiger partial charge in [-0.25, -0.2) is 4.79 Å². The number of nitrogens with one attached hydrogen (secondary N) is 2. The summed E-state index contributed by atoms with van der Waals surface area (Å²) >= 11 is 3.35. The molecule has 106 valence electrons. The molecule has 0 radical (unpaired) electrons. The number of benzene rings is 1. The van der Waals surface area contributed by atoms with Crippen molar-refractivity contribution in [3.05, 3.63) is 34.3 Å². The molecular weight excluding hydrogens is 308 g/mol. The zero-order valence-electron chi connectivity index (χ0n) is 11.5. The summed E-state index contributed by atoms with van der Waals surface area (Å²) in [4.78, 5) is 11.5. The molecule has 0 saturated heterocycles. The zero-order valence-corrected chi connectivity index (χ0v) is 13.1. The van der Waals surface area contributed by atoms with Crippen LogP contribution in [-0.2, 0) is 5.60 Å².